The average molecular weight is 369 g/mol. The summed E-state index contributed by atoms with van der Waals surface area (Å²) in [5.74, 6) is 2.67. The second kappa shape index (κ2) is 7.60. The molecule has 0 unspecified atom stereocenters. The molecule has 1 aliphatic heterocycles. The van der Waals surface area contributed by atoms with Crippen LogP contribution in [0.2, 0.25) is 0 Å². The molecule has 1 fully saturated rings. The molecule has 6 nitrogen and oxygen atoms in total. The molecular formula is C20H24FN5O. The molecule has 2 aromatic heterocycles. The van der Waals surface area contributed by atoms with Gasteiger partial charge in [-0.3, -0.25) is 0 Å². The largest absolute Gasteiger partial charge is 0.381 e. The average Bonchev–Trinajstić information content (AvgIpc) is 3.31. The predicted molar refractivity (Wildman–Crippen MR) is 103 cm³/mol. The van der Waals surface area contributed by atoms with Crippen molar-refractivity contribution in [3.63, 3.8) is 0 Å². The zero-order chi connectivity index (χ0) is 18.8. The number of likely N-dealkylation sites (N-methyl/N-ethyl adjacent to an activating group) is 1. The first-order valence-electron chi connectivity index (χ1n) is 9.45. The molecule has 0 aliphatic carbocycles. The zero-order valence-electron chi connectivity index (χ0n) is 15.7. The van der Waals surface area contributed by atoms with Crippen LogP contribution >= 0.6 is 0 Å². The fraction of sp³-hybridized carbons (Fsp3) is 0.450. The summed E-state index contributed by atoms with van der Waals surface area (Å²) in [6, 6.07) is 6.70. The van der Waals surface area contributed by atoms with Gasteiger partial charge in [-0.2, -0.15) is 0 Å². The van der Waals surface area contributed by atoms with E-state index in [0.29, 0.717) is 5.92 Å². The van der Waals surface area contributed by atoms with Crippen LogP contribution in [-0.4, -0.2) is 46.2 Å². The molecule has 1 aromatic carbocycles. The summed E-state index contributed by atoms with van der Waals surface area (Å²) >= 11 is 0. The van der Waals surface area contributed by atoms with E-state index in [4.69, 9.17) is 4.74 Å². The Morgan fingerprint density at radius 1 is 1.26 bits per heavy atom. The standard InChI is InChI=1S/C20H24FN5O/c1-3-26(8-6-19-24-16-5-4-15(21)10-18(16)25-19)20-11-17(22-13(2)23-20)14-7-9-27-12-14/h4-5,10-11,14H,3,6-9,12H2,1-2H3,(H,24,25)/t14-/m1/s1. The van der Waals surface area contributed by atoms with Crippen LogP contribution in [0.3, 0.4) is 0 Å². The van der Waals surface area contributed by atoms with E-state index in [9.17, 15) is 4.39 Å². The Kier molecular flexibility index (Phi) is 5.03. The Balaban J connectivity index is 1.51. The number of aryl methyl sites for hydroxylation is 1. The molecule has 1 saturated heterocycles. The Bertz CT molecular complexity index is 935. The number of fused-ring (bicyclic) bond motifs is 1. The van der Waals surface area contributed by atoms with Crippen molar-refractivity contribution in [3.05, 3.63) is 47.4 Å². The highest BCUT2D eigenvalue weighted by Gasteiger charge is 2.21. The number of ether oxygens (including phenoxy) is 1. The fourth-order valence-corrected chi connectivity index (χ4v) is 3.54. The van der Waals surface area contributed by atoms with E-state index < -0.39 is 0 Å². The van der Waals surface area contributed by atoms with Gasteiger partial charge in [-0.1, -0.05) is 0 Å². The number of nitrogens with one attached hydrogen (secondary N) is 1. The molecular weight excluding hydrogens is 345 g/mol. The molecule has 3 aromatic rings. The van der Waals surface area contributed by atoms with Crippen molar-refractivity contribution >= 4 is 16.9 Å². The van der Waals surface area contributed by atoms with Crippen LogP contribution in [0.5, 0.6) is 0 Å². The van der Waals surface area contributed by atoms with Crippen molar-refractivity contribution < 1.29 is 9.13 Å². The molecule has 0 bridgehead atoms. The number of aromatic nitrogens is 4. The van der Waals surface area contributed by atoms with E-state index in [1.807, 2.05) is 6.92 Å². The van der Waals surface area contributed by atoms with Crippen LogP contribution in [0.15, 0.2) is 24.3 Å². The van der Waals surface area contributed by atoms with Gasteiger partial charge in [0.25, 0.3) is 0 Å². The number of hydrogen-bond donors (Lipinski definition) is 1. The van der Waals surface area contributed by atoms with Crippen LogP contribution in [0.4, 0.5) is 10.2 Å². The summed E-state index contributed by atoms with van der Waals surface area (Å²) in [4.78, 5) is 19.2. The van der Waals surface area contributed by atoms with Gasteiger partial charge >= 0.3 is 0 Å². The minimum Gasteiger partial charge on any atom is -0.381 e. The van der Waals surface area contributed by atoms with Crippen molar-refractivity contribution in [2.24, 2.45) is 0 Å². The number of halogens is 1. The molecule has 0 spiro atoms. The first-order valence-corrected chi connectivity index (χ1v) is 9.45. The van der Waals surface area contributed by atoms with Crippen molar-refractivity contribution in [3.8, 4) is 0 Å². The fourth-order valence-electron chi connectivity index (χ4n) is 3.54. The van der Waals surface area contributed by atoms with Gasteiger partial charge in [-0.25, -0.2) is 19.3 Å². The third-order valence-electron chi connectivity index (χ3n) is 5.01. The van der Waals surface area contributed by atoms with E-state index in [1.54, 1.807) is 6.07 Å². The van der Waals surface area contributed by atoms with E-state index in [1.165, 1.54) is 12.1 Å². The maximum atomic E-state index is 13.4. The molecule has 7 heteroatoms. The van der Waals surface area contributed by atoms with Crippen molar-refractivity contribution in [1.29, 1.82) is 0 Å². The van der Waals surface area contributed by atoms with Gasteiger partial charge in [-0.15, -0.1) is 0 Å². The van der Waals surface area contributed by atoms with E-state index >= 15 is 0 Å². The number of aromatic amines is 1. The molecule has 3 heterocycles. The minimum absolute atomic E-state index is 0.257. The molecule has 1 atom stereocenters. The lowest BCUT2D eigenvalue weighted by atomic mass is 10.0. The Labute approximate surface area is 157 Å². The van der Waals surface area contributed by atoms with Gasteiger partial charge in [0.1, 0.15) is 23.3 Å². The van der Waals surface area contributed by atoms with Crippen molar-refractivity contribution in [2.45, 2.75) is 32.6 Å². The van der Waals surface area contributed by atoms with Crippen molar-refractivity contribution in [1.82, 2.24) is 19.9 Å². The van der Waals surface area contributed by atoms with Gasteiger partial charge < -0.3 is 14.6 Å². The number of imidazole rings is 1. The number of H-pyrrole nitrogens is 1. The molecule has 27 heavy (non-hydrogen) atoms. The van der Waals surface area contributed by atoms with Gasteiger partial charge in [0.15, 0.2) is 0 Å². The van der Waals surface area contributed by atoms with Gasteiger partial charge in [0.05, 0.1) is 23.3 Å². The third-order valence-corrected chi connectivity index (χ3v) is 5.01. The van der Waals surface area contributed by atoms with E-state index in [0.717, 1.165) is 73.3 Å². The smallest absolute Gasteiger partial charge is 0.132 e. The molecule has 1 aliphatic rings. The second-order valence-corrected chi connectivity index (χ2v) is 6.93. The predicted octanol–water partition coefficient (Wildman–Crippen LogP) is 3.37. The molecule has 0 saturated carbocycles. The number of anilines is 1. The van der Waals surface area contributed by atoms with E-state index in [-0.39, 0.29) is 5.82 Å². The quantitative estimate of drug-likeness (QED) is 0.722. The lowest BCUT2D eigenvalue weighted by Crippen LogP contribution is -2.27. The zero-order valence-corrected chi connectivity index (χ0v) is 15.7. The van der Waals surface area contributed by atoms with Gasteiger partial charge in [0.2, 0.25) is 0 Å². The summed E-state index contributed by atoms with van der Waals surface area (Å²) < 4.78 is 18.9. The number of rotatable bonds is 6. The number of nitrogens with zero attached hydrogens (tertiary/aromatic N) is 4. The Morgan fingerprint density at radius 3 is 2.93 bits per heavy atom. The van der Waals surface area contributed by atoms with Crippen LogP contribution in [0, 0.1) is 12.7 Å². The highest BCUT2D eigenvalue weighted by Crippen LogP contribution is 2.26. The van der Waals surface area contributed by atoms with Gasteiger partial charge in [0, 0.05) is 38.1 Å². The minimum atomic E-state index is -0.257. The topological polar surface area (TPSA) is 66.9 Å². The number of hydrogen-bond acceptors (Lipinski definition) is 5. The molecule has 4 rings (SSSR count). The molecule has 0 amide bonds. The summed E-state index contributed by atoms with van der Waals surface area (Å²) in [5.41, 5.74) is 2.58. The molecule has 0 radical (unpaired) electrons. The van der Waals surface area contributed by atoms with Crippen LogP contribution in [0.1, 0.15) is 36.6 Å². The Hall–Kier alpha value is -2.54. The molecule has 142 valence electrons. The third kappa shape index (κ3) is 3.93. The Morgan fingerprint density at radius 2 is 2.15 bits per heavy atom. The highest BCUT2D eigenvalue weighted by atomic mass is 19.1. The second-order valence-electron chi connectivity index (χ2n) is 6.93. The van der Waals surface area contributed by atoms with Gasteiger partial charge in [-0.05, 0) is 38.5 Å². The highest BCUT2D eigenvalue weighted by molar-refractivity contribution is 5.74. The summed E-state index contributed by atoms with van der Waals surface area (Å²) in [6.07, 6.45) is 1.74. The first-order chi connectivity index (χ1) is 13.1. The maximum Gasteiger partial charge on any atom is 0.132 e. The SMILES string of the molecule is CCN(CCc1nc2ccc(F)cc2[nH]1)c1cc([C@@H]2CCOC2)nc(C)n1. The summed E-state index contributed by atoms with van der Waals surface area (Å²) in [7, 11) is 0. The van der Waals surface area contributed by atoms with E-state index in [2.05, 4.69) is 37.8 Å². The van der Waals surface area contributed by atoms with Crippen molar-refractivity contribution in [2.75, 3.05) is 31.2 Å². The monoisotopic (exact) mass is 369 g/mol. The lowest BCUT2D eigenvalue weighted by Gasteiger charge is -2.23. The van der Waals surface area contributed by atoms with Crippen LogP contribution < -0.4 is 4.90 Å². The number of benzene rings is 1. The maximum absolute atomic E-state index is 13.4. The first kappa shape index (κ1) is 17.9. The van der Waals surface area contributed by atoms with Crippen LogP contribution in [0.25, 0.3) is 11.0 Å². The molecule has 1 N–H and O–H groups in total. The lowest BCUT2D eigenvalue weighted by molar-refractivity contribution is 0.193. The summed E-state index contributed by atoms with van der Waals surface area (Å²) in [6.45, 7) is 7.20. The normalized spacial score (nSPS) is 16.9. The summed E-state index contributed by atoms with van der Waals surface area (Å²) in [5, 5.41) is 0. The van der Waals surface area contributed by atoms with Crippen LogP contribution in [-0.2, 0) is 11.2 Å².